The summed E-state index contributed by atoms with van der Waals surface area (Å²) in [4.78, 5) is 6.37. The van der Waals surface area contributed by atoms with E-state index in [-0.39, 0.29) is 35.2 Å². The van der Waals surface area contributed by atoms with E-state index in [2.05, 4.69) is 15.5 Å². The third-order valence-electron chi connectivity index (χ3n) is 4.96. The van der Waals surface area contributed by atoms with Gasteiger partial charge in [0.15, 0.2) is 5.96 Å². The van der Waals surface area contributed by atoms with Crippen molar-refractivity contribution in [2.45, 2.75) is 24.8 Å². The second-order valence-electron chi connectivity index (χ2n) is 6.65. The van der Waals surface area contributed by atoms with Crippen molar-refractivity contribution in [3.05, 3.63) is 53.7 Å². The molecule has 27 heavy (non-hydrogen) atoms. The van der Waals surface area contributed by atoms with Gasteiger partial charge in [-0.05, 0) is 30.5 Å². The molecule has 6 nitrogen and oxygen atoms in total. The number of aliphatic imine (C=N–C) groups is 1. The van der Waals surface area contributed by atoms with Crippen LogP contribution < -0.4 is 5.32 Å². The van der Waals surface area contributed by atoms with E-state index in [0.29, 0.717) is 26.3 Å². The van der Waals surface area contributed by atoms with Crippen LogP contribution in [0.4, 0.5) is 4.39 Å². The Balaban J connectivity index is 0.00000261. The Hall–Kier alpha value is -1.68. The highest BCUT2D eigenvalue weighted by Crippen LogP contribution is 2.34. The minimum absolute atomic E-state index is 0. The van der Waals surface area contributed by atoms with Crippen LogP contribution in [0.5, 0.6) is 0 Å². The van der Waals surface area contributed by atoms with Crippen LogP contribution in [0.25, 0.3) is 0 Å². The number of halogens is 2. The van der Waals surface area contributed by atoms with Gasteiger partial charge in [0.2, 0.25) is 0 Å². The first-order chi connectivity index (χ1) is 12.6. The maximum atomic E-state index is 13.4. The first-order valence-electron chi connectivity index (χ1n) is 8.78. The van der Waals surface area contributed by atoms with Crippen molar-refractivity contribution >= 4 is 29.9 Å². The fraction of sp³-hybridized carbons (Fsp3) is 0.474. The zero-order chi connectivity index (χ0) is 18.4. The van der Waals surface area contributed by atoms with Crippen molar-refractivity contribution in [3.63, 3.8) is 0 Å². The van der Waals surface area contributed by atoms with Crippen LogP contribution in [0.3, 0.4) is 0 Å². The van der Waals surface area contributed by atoms with E-state index in [1.165, 1.54) is 12.1 Å². The molecule has 0 amide bonds. The molecule has 0 radical (unpaired) electrons. The molecule has 1 saturated heterocycles. The molecule has 2 aromatic rings. The molecule has 1 aliphatic rings. The van der Waals surface area contributed by atoms with Crippen LogP contribution in [0.1, 0.15) is 24.1 Å². The quantitative estimate of drug-likeness (QED) is 0.398. The fourth-order valence-corrected chi connectivity index (χ4v) is 3.40. The largest absolute Gasteiger partial charge is 0.381 e. The van der Waals surface area contributed by atoms with Crippen LogP contribution >= 0.6 is 24.0 Å². The maximum absolute atomic E-state index is 13.4. The lowest BCUT2D eigenvalue weighted by atomic mass is 9.74. The normalized spacial score (nSPS) is 16.5. The molecule has 0 bridgehead atoms. The van der Waals surface area contributed by atoms with Crippen molar-refractivity contribution in [2.24, 2.45) is 4.99 Å². The molecule has 1 N–H and O–H groups in total. The highest BCUT2D eigenvalue weighted by atomic mass is 127. The summed E-state index contributed by atoms with van der Waals surface area (Å²) in [5, 5.41) is 7.41. The average molecular weight is 488 g/mol. The Morgan fingerprint density at radius 3 is 2.56 bits per heavy atom. The topological polar surface area (TPSA) is 62.9 Å². The van der Waals surface area contributed by atoms with Gasteiger partial charge < -0.3 is 19.5 Å². The summed E-state index contributed by atoms with van der Waals surface area (Å²) in [5.74, 6) is 0.563. The first-order valence-corrected chi connectivity index (χ1v) is 8.78. The third kappa shape index (κ3) is 5.41. The minimum Gasteiger partial charge on any atom is -0.381 e. The summed E-state index contributed by atoms with van der Waals surface area (Å²) < 4.78 is 23.8. The van der Waals surface area contributed by atoms with E-state index in [4.69, 9.17) is 9.26 Å². The smallest absolute Gasteiger partial charge is 0.193 e. The summed E-state index contributed by atoms with van der Waals surface area (Å²) in [6.45, 7) is 2.71. The third-order valence-corrected chi connectivity index (χ3v) is 4.96. The van der Waals surface area contributed by atoms with E-state index < -0.39 is 0 Å². The second kappa shape index (κ2) is 10.0. The number of aromatic nitrogens is 1. The van der Waals surface area contributed by atoms with Gasteiger partial charge in [-0.25, -0.2) is 4.39 Å². The van der Waals surface area contributed by atoms with E-state index in [1.807, 2.05) is 30.1 Å². The number of benzene rings is 1. The van der Waals surface area contributed by atoms with Crippen molar-refractivity contribution < 1.29 is 13.7 Å². The lowest BCUT2D eigenvalue weighted by Crippen LogP contribution is -2.48. The van der Waals surface area contributed by atoms with Gasteiger partial charge in [0.25, 0.3) is 0 Å². The van der Waals surface area contributed by atoms with E-state index in [0.717, 1.165) is 30.1 Å². The van der Waals surface area contributed by atoms with Gasteiger partial charge in [-0.15, -0.1) is 24.0 Å². The van der Waals surface area contributed by atoms with E-state index in [9.17, 15) is 4.39 Å². The summed E-state index contributed by atoms with van der Waals surface area (Å²) >= 11 is 0. The molecule has 0 aliphatic carbocycles. The highest BCUT2D eigenvalue weighted by molar-refractivity contribution is 14.0. The predicted molar refractivity (Wildman–Crippen MR) is 113 cm³/mol. The van der Waals surface area contributed by atoms with Crippen molar-refractivity contribution in [1.82, 2.24) is 15.4 Å². The predicted octanol–water partition coefficient (Wildman–Crippen LogP) is 3.19. The standard InChI is InChI=1S/C19H25FN4O2.HI/c1-21-18(24(2)13-17-7-10-26-23-17)22-14-19(8-11-25-12-9-19)15-3-5-16(20)6-4-15;/h3-7,10H,8-9,11-14H2,1-2H3,(H,21,22);1H. The van der Waals surface area contributed by atoms with Gasteiger partial charge in [0.1, 0.15) is 17.8 Å². The summed E-state index contributed by atoms with van der Waals surface area (Å²) in [6.07, 6.45) is 3.33. The molecule has 0 spiro atoms. The Labute approximate surface area is 176 Å². The highest BCUT2D eigenvalue weighted by Gasteiger charge is 2.34. The Kier molecular flexibility index (Phi) is 8.03. The zero-order valence-electron chi connectivity index (χ0n) is 15.7. The number of nitrogens with zero attached hydrogens (tertiary/aromatic N) is 3. The Bertz CT molecular complexity index is 716. The SMILES string of the molecule is CN=C(NCC1(c2ccc(F)cc2)CCOCC1)N(C)Cc1ccon1.I. The van der Waals surface area contributed by atoms with E-state index >= 15 is 0 Å². The molecule has 1 aromatic heterocycles. The molecule has 1 aromatic carbocycles. The molecule has 1 aliphatic heterocycles. The van der Waals surface area contributed by atoms with Crippen LogP contribution in [0, 0.1) is 5.82 Å². The molecule has 2 heterocycles. The summed E-state index contributed by atoms with van der Waals surface area (Å²) in [5.41, 5.74) is 1.87. The number of hydrogen-bond acceptors (Lipinski definition) is 4. The molecule has 148 valence electrons. The molecule has 8 heteroatoms. The van der Waals surface area contributed by atoms with Gasteiger partial charge in [-0.1, -0.05) is 17.3 Å². The van der Waals surface area contributed by atoms with Crippen molar-refractivity contribution in [3.8, 4) is 0 Å². The molecular weight excluding hydrogens is 462 g/mol. The zero-order valence-corrected chi connectivity index (χ0v) is 18.0. The average Bonchev–Trinajstić information content (AvgIpc) is 3.16. The lowest BCUT2D eigenvalue weighted by Gasteiger charge is -2.39. The molecule has 3 rings (SSSR count). The maximum Gasteiger partial charge on any atom is 0.193 e. The second-order valence-corrected chi connectivity index (χ2v) is 6.65. The van der Waals surface area contributed by atoms with Crippen LogP contribution in [-0.4, -0.2) is 49.9 Å². The lowest BCUT2D eigenvalue weighted by molar-refractivity contribution is 0.0512. The van der Waals surface area contributed by atoms with Gasteiger partial charge in [0, 0.05) is 45.3 Å². The van der Waals surface area contributed by atoms with Crippen molar-refractivity contribution in [1.29, 1.82) is 0 Å². The Morgan fingerprint density at radius 1 is 1.26 bits per heavy atom. The monoisotopic (exact) mass is 488 g/mol. The number of ether oxygens (including phenoxy) is 1. The van der Waals surface area contributed by atoms with Gasteiger partial charge in [0.05, 0.1) is 6.54 Å². The van der Waals surface area contributed by atoms with Crippen LogP contribution in [0.15, 0.2) is 46.1 Å². The number of hydrogen-bond donors (Lipinski definition) is 1. The van der Waals surface area contributed by atoms with Crippen LogP contribution in [0.2, 0.25) is 0 Å². The van der Waals surface area contributed by atoms with Gasteiger partial charge in [-0.3, -0.25) is 4.99 Å². The molecule has 0 saturated carbocycles. The Morgan fingerprint density at radius 2 is 1.96 bits per heavy atom. The number of rotatable bonds is 5. The summed E-state index contributed by atoms with van der Waals surface area (Å²) in [7, 11) is 3.72. The number of guanidine groups is 1. The van der Waals surface area contributed by atoms with Gasteiger partial charge >= 0.3 is 0 Å². The molecule has 0 unspecified atom stereocenters. The van der Waals surface area contributed by atoms with Crippen LogP contribution in [-0.2, 0) is 16.7 Å². The molecule has 0 atom stereocenters. The minimum atomic E-state index is -0.216. The first kappa shape index (κ1) is 21.6. The van der Waals surface area contributed by atoms with E-state index in [1.54, 1.807) is 13.3 Å². The van der Waals surface area contributed by atoms with Crippen molar-refractivity contribution in [2.75, 3.05) is 33.9 Å². The molecule has 1 fully saturated rings. The number of nitrogens with one attached hydrogen (secondary N) is 1. The molecular formula is C19H26FIN4O2. The fourth-order valence-electron chi connectivity index (χ4n) is 3.40. The van der Waals surface area contributed by atoms with Gasteiger partial charge in [-0.2, -0.15) is 0 Å². The summed E-state index contributed by atoms with van der Waals surface area (Å²) in [6, 6.07) is 8.65.